The molecule has 0 aromatic heterocycles. The lowest BCUT2D eigenvalue weighted by atomic mass is 10.0. The van der Waals surface area contributed by atoms with Crippen LogP contribution in [0.2, 0.25) is 0 Å². The number of benzene rings is 1. The fraction of sp³-hybridized carbons (Fsp3) is 0.500. The molecule has 4 N–H and O–H groups in total. The van der Waals surface area contributed by atoms with Crippen molar-refractivity contribution in [2.75, 3.05) is 11.9 Å². The minimum Gasteiger partial charge on any atom is -0.329 e. The molecule has 1 aliphatic rings. The summed E-state index contributed by atoms with van der Waals surface area (Å²) in [5, 5.41) is 2.72. The molecule has 0 saturated heterocycles. The standard InChI is InChI=1S/C14H21N3O3S/c1-3-4-10(8-15)17-21(19,20)11-5-6-13-12(7-11)9(2)14(18)16-13/h5-7,9-10,17H,3-4,8,15H2,1-2H3,(H,16,18). The summed E-state index contributed by atoms with van der Waals surface area (Å²) in [6, 6.07) is 4.41. The van der Waals surface area contributed by atoms with Crippen molar-refractivity contribution < 1.29 is 13.2 Å². The number of fused-ring (bicyclic) bond motifs is 1. The molecule has 1 amide bonds. The van der Waals surface area contributed by atoms with Gasteiger partial charge in [-0.05, 0) is 37.1 Å². The Bertz CT molecular complexity index is 643. The SMILES string of the molecule is CCCC(CN)NS(=O)(=O)c1ccc2c(c1)C(C)C(=O)N2. The van der Waals surface area contributed by atoms with Gasteiger partial charge < -0.3 is 11.1 Å². The highest BCUT2D eigenvalue weighted by Crippen LogP contribution is 2.33. The van der Waals surface area contributed by atoms with Crippen molar-refractivity contribution in [2.24, 2.45) is 5.73 Å². The minimum absolute atomic E-state index is 0.113. The van der Waals surface area contributed by atoms with Gasteiger partial charge in [-0.2, -0.15) is 0 Å². The lowest BCUT2D eigenvalue weighted by Crippen LogP contribution is -2.40. The second kappa shape index (κ2) is 6.13. The molecule has 2 atom stereocenters. The molecule has 1 aromatic carbocycles. The Labute approximate surface area is 125 Å². The molecular formula is C14H21N3O3S. The van der Waals surface area contributed by atoms with E-state index in [0.29, 0.717) is 17.7 Å². The highest BCUT2D eigenvalue weighted by Gasteiger charge is 2.28. The van der Waals surface area contributed by atoms with Crippen LogP contribution in [0.3, 0.4) is 0 Å². The zero-order chi connectivity index (χ0) is 15.6. The van der Waals surface area contributed by atoms with E-state index in [1.807, 2.05) is 6.92 Å². The van der Waals surface area contributed by atoms with Gasteiger partial charge >= 0.3 is 0 Å². The van der Waals surface area contributed by atoms with Crippen LogP contribution in [0.4, 0.5) is 5.69 Å². The first-order valence-corrected chi connectivity index (χ1v) is 8.54. The summed E-state index contributed by atoms with van der Waals surface area (Å²) in [5.74, 6) is -0.450. The second-order valence-corrected chi connectivity index (χ2v) is 7.02. The maximum atomic E-state index is 12.4. The Kier molecular flexibility index (Phi) is 4.65. The molecule has 7 heteroatoms. The number of amides is 1. The van der Waals surface area contributed by atoms with Crippen LogP contribution < -0.4 is 15.8 Å². The topological polar surface area (TPSA) is 101 Å². The predicted molar refractivity (Wildman–Crippen MR) is 81.6 cm³/mol. The highest BCUT2D eigenvalue weighted by atomic mass is 32.2. The van der Waals surface area contributed by atoms with E-state index in [9.17, 15) is 13.2 Å². The molecule has 0 saturated carbocycles. The second-order valence-electron chi connectivity index (χ2n) is 5.30. The van der Waals surface area contributed by atoms with Gasteiger partial charge in [0.15, 0.2) is 0 Å². The van der Waals surface area contributed by atoms with Crippen molar-refractivity contribution in [2.45, 2.75) is 43.5 Å². The van der Waals surface area contributed by atoms with Crippen molar-refractivity contribution in [1.29, 1.82) is 0 Å². The average Bonchev–Trinajstić information content (AvgIpc) is 2.73. The molecule has 1 aromatic rings. The Hall–Kier alpha value is -1.44. The van der Waals surface area contributed by atoms with Gasteiger partial charge in [0.1, 0.15) is 0 Å². The first kappa shape index (κ1) is 15.9. The van der Waals surface area contributed by atoms with E-state index >= 15 is 0 Å². The lowest BCUT2D eigenvalue weighted by molar-refractivity contribution is -0.116. The van der Waals surface area contributed by atoms with E-state index in [1.54, 1.807) is 19.1 Å². The number of nitrogens with one attached hydrogen (secondary N) is 2. The van der Waals surface area contributed by atoms with E-state index in [2.05, 4.69) is 10.0 Å². The van der Waals surface area contributed by atoms with Crippen molar-refractivity contribution >= 4 is 21.6 Å². The summed E-state index contributed by atoms with van der Waals surface area (Å²) in [7, 11) is -3.63. The van der Waals surface area contributed by atoms with Gasteiger partial charge in [-0.15, -0.1) is 0 Å². The van der Waals surface area contributed by atoms with Gasteiger partial charge in [-0.25, -0.2) is 13.1 Å². The molecule has 0 aliphatic carbocycles. The third-order valence-electron chi connectivity index (χ3n) is 3.69. The molecule has 21 heavy (non-hydrogen) atoms. The van der Waals surface area contributed by atoms with E-state index in [4.69, 9.17) is 5.73 Å². The lowest BCUT2D eigenvalue weighted by Gasteiger charge is -2.16. The summed E-state index contributed by atoms with van der Waals surface area (Å²) >= 11 is 0. The molecule has 6 nitrogen and oxygen atoms in total. The molecule has 116 valence electrons. The summed E-state index contributed by atoms with van der Waals surface area (Å²) in [5.41, 5.74) is 6.98. The number of anilines is 1. The fourth-order valence-corrected chi connectivity index (χ4v) is 3.74. The fourth-order valence-electron chi connectivity index (χ4n) is 2.42. The number of carbonyl (C=O) groups excluding carboxylic acids is 1. The first-order valence-electron chi connectivity index (χ1n) is 7.06. The van der Waals surface area contributed by atoms with Gasteiger partial charge in [0, 0.05) is 18.3 Å². The minimum atomic E-state index is -3.63. The van der Waals surface area contributed by atoms with Gasteiger partial charge in [-0.1, -0.05) is 13.3 Å². The van der Waals surface area contributed by atoms with Crippen molar-refractivity contribution in [3.63, 3.8) is 0 Å². The van der Waals surface area contributed by atoms with Crippen molar-refractivity contribution in [1.82, 2.24) is 4.72 Å². The van der Waals surface area contributed by atoms with Crippen LogP contribution in [0.1, 0.15) is 38.2 Å². The summed E-state index contributed by atoms with van der Waals surface area (Å²) in [4.78, 5) is 11.8. The maximum absolute atomic E-state index is 12.4. The number of sulfonamides is 1. The van der Waals surface area contributed by atoms with Gasteiger partial charge in [0.05, 0.1) is 10.8 Å². The maximum Gasteiger partial charge on any atom is 0.240 e. The molecule has 0 bridgehead atoms. The van der Waals surface area contributed by atoms with Gasteiger partial charge in [0.2, 0.25) is 15.9 Å². The monoisotopic (exact) mass is 311 g/mol. The molecule has 2 unspecified atom stereocenters. The van der Waals surface area contributed by atoms with E-state index in [1.165, 1.54) is 6.07 Å². The molecule has 0 fully saturated rings. The highest BCUT2D eigenvalue weighted by molar-refractivity contribution is 7.89. The van der Waals surface area contributed by atoms with Crippen LogP contribution in [0.5, 0.6) is 0 Å². The smallest absolute Gasteiger partial charge is 0.240 e. The molecule has 0 spiro atoms. The Morgan fingerprint density at radius 1 is 1.43 bits per heavy atom. The predicted octanol–water partition coefficient (Wildman–Crippen LogP) is 1.15. The van der Waals surface area contributed by atoms with Gasteiger partial charge in [0.25, 0.3) is 0 Å². The van der Waals surface area contributed by atoms with Crippen LogP contribution in [0, 0.1) is 0 Å². The first-order chi connectivity index (χ1) is 9.89. The largest absolute Gasteiger partial charge is 0.329 e. The number of carbonyl (C=O) groups is 1. The third-order valence-corrected chi connectivity index (χ3v) is 5.21. The number of rotatable bonds is 6. The molecule has 1 heterocycles. The third kappa shape index (κ3) is 3.25. The number of nitrogens with two attached hydrogens (primary N) is 1. The van der Waals surface area contributed by atoms with E-state index in [0.717, 1.165) is 6.42 Å². The Balaban J connectivity index is 2.28. The summed E-state index contributed by atoms with van der Waals surface area (Å²) in [6.07, 6.45) is 1.54. The quantitative estimate of drug-likeness (QED) is 0.733. The number of hydrogen-bond acceptors (Lipinski definition) is 4. The van der Waals surface area contributed by atoms with Crippen LogP contribution >= 0.6 is 0 Å². The van der Waals surface area contributed by atoms with Crippen molar-refractivity contribution in [3.8, 4) is 0 Å². The Morgan fingerprint density at radius 2 is 2.14 bits per heavy atom. The molecular weight excluding hydrogens is 290 g/mol. The Morgan fingerprint density at radius 3 is 2.76 bits per heavy atom. The normalized spacial score (nSPS) is 19.2. The van der Waals surface area contributed by atoms with Crippen LogP contribution in [0.15, 0.2) is 23.1 Å². The van der Waals surface area contributed by atoms with E-state index in [-0.39, 0.29) is 29.3 Å². The van der Waals surface area contributed by atoms with E-state index < -0.39 is 10.0 Å². The zero-order valence-corrected chi connectivity index (χ0v) is 13.0. The average molecular weight is 311 g/mol. The molecule has 0 radical (unpaired) electrons. The molecule has 2 rings (SSSR count). The summed E-state index contributed by atoms with van der Waals surface area (Å²) in [6.45, 7) is 3.99. The van der Waals surface area contributed by atoms with Crippen molar-refractivity contribution in [3.05, 3.63) is 23.8 Å². The summed E-state index contributed by atoms with van der Waals surface area (Å²) < 4.78 is 27.4. The van der Waals surface area contributed by atoms with Crippen LogP contribution in [0.25, 0.3) is 0 Å². The van der Waals surface area contributed by atoms with Crippen LogP contribution in [-0.2, 0) is 14.8 Å². The van der Waals surface area contributed by atoms with Gasteiger partial charge in [-0.3, -0.25) is 4.79 Å². The number of hydrogen-bond donors (Lipinski definition) is 3. The zero-order valence-electron chi connectivity index (χ0n) is 12.2. The van der Waals surface area contributed by atoms with Crippen LogP contribution in [-0.4, -0.2) is 26.9 Å². The molecule has 1 aliphatic heterocycles.